The molecular weight excluding hydrogens is 543 g/mol. The third-order valence-electron chi connectivity index (χ3n) is 6.64. The van der Waals surface area contributed by atoms with Gasteiger partial charge in [0.1, 0.15) is 22.2 Å². The molecule has 0 bridgehead atoms. The molecule has 3 aromatic heterocycles. The van der Waals surface area contributed by atoms with E-state index in [0.717, 1.165) is 35.0 Å². The molecule has 0 fully saturated rings. The number of aromatic nitrogens is 3. The number of benzene rings is 1. The molecule has 8 nitrogen and oxygen atoms in total. The van der Waals surface area contributed by atoms with Crippen LogP contribution in [0.15, 0.2) is 54.9 Å². The fourth-order valence-electron chi connectivity index (χ4n) is 4.99. The summed E-state index contributed by atoms with van der Waals surface area (Å²) in [5.41, 5.74) is 1.42. The summed E-state index contributed by atoms with van der Waals surface area (Å²) in [6.07, 6.45) is 0.201. The smallest absolute Gasteiger partial charge is 0.416 e. The zero-order valence-electron chi connectivity index (χ0n) is 21.5. The number of pyridine rings is 2. The van der Waals surface area contributed by atoms with Crippen LogP contribution >= 0.6 is 11.3 Å². The monoisotopic (exact) mass is 567 g/mol. The topological polar surface area (TPSA) is 117 Å². The molecule has 40 heavy (non-hydrogen) atoms. The molecule has 1 atom stereocenters. The Morgan fingerprint density at radius 2 is 1.88 bits per heavy atom. The Bertz CT molecular complexity index is 1620. The second kappa shape index (κ2) is 10.3. The van der Waals surface area contributed by atoms with Gasteiger partial charge >= 0.3 is 12.1 Å². The molecule has 0 unspecified atom stereocenters. The molecule has 1 amide bonds. The van der Waals surface area contributed by atoms with Gasteiger partial charge in [-0.25, -0.2) is 19.7 Å². The first-order valence-corrected chi connectivity index (χ1v) is 13.2. The summed E-state index contributed by atoms with van der Waals surface area (Å²) >= 11 is 1.34. The van der Waals surface area contributed by atoms with E-state index in [1.807, 2.05) is 13.0 Å². The van der Waals surface area contributed by atoms with E-state index in [2.05, 4.69) is 25.6 Å². The Morgan fingerprint density at radius 3 is 2.60 bits per heavy atom. The number of carbonyl (C=O) groups excluding carboxylic acids is 1. The SMILES string of the molecule is CC(=O)N[C@]1(c2ncc(-c3cc(C)cc(Nc4cc(C(F)(F)F)ccn4)n3)s2)CCCc2cc(C(=O)O)ccc21. The van der Waals surface area contributed by atoms with Crippen LogP contribution in [0, 0.1) is 6.92 Å². The molecule has 1 aliphatic carbocycles. The molecule has 0 saturated heterocycles. The van der Waals surface area contributed by atoms with Crippen molar-refractivity contribution in [2.45, 2.75) is 44.8 Å². The molecule has 1 aromatic carbocycles. The minimum absolute atomic E-state index is 0.00743. The fourth-order valence-corrected chi connectivity index (χ4v) is 6.05. The third-order valence-corrected chi connectivity index (χ3v) is 7.82. The van der Waals surface area contributed by atoms with Crippen LogP contribution in [0.25, 0.3) is 10.6 Å². The summed E-state index contributed by atoms with van der Waals surface area (Å²) in [7, 11) is 0. The molecule has 0 saturated carbocycles. The van der Waals surface area contributed by atoms with Crippen LogP contribution in [0.4, 0.5) is 24.8 Å². The maximum absolute atomic E-state index is 13.1. The second-order valence-electron chi connectivity index (χ2n) is 9.61. The van der Waals surface area contributed by atoms with Crippen molar-refractivity contribution >= 4 is 34.8 Å². The number of hydrogen-bond acceptors (Lipinski definition) is 7. The average Bonchev–Trinajstić information content (AvgIpc) is 3.39. The zero-order valence-corrected chi connectivity index (χ0v) is 22.3. The Labute approximate surface area is 231 Å². The minimum atomic E-state index is -4.50. The average molecular weight is 568 g/mol. The number of nitrogens with one attached hydrogen (secondary N) is 2. The van der Waals surface area contributed by atoms with Crippen LogP contribution in [-0.4, -0.2) is 31.9 Å². The highest BCUT2D eigenvalue weighted by Crippen LogP contribution is 2.44. The number of hydrogen-bond donors (Lipinski definition) is 3. The summed E-state index contributed by atoms with van der Waals surface area (Å²) < 4.78 is 39.4. The number of aromatic carboxylic acids is 1. The van der Waals surface area contributed by atoms with Crippen molar-refractivity contribution in [3.63, 3.8) is 0 Å². The summed E-state index contributed by atoms with van der Waals surface area (Å²) in [6.45, 7) is 3.27. The lowest BCUT2D eigenvalue weighted by molar-refractivity contribution is -0.137. The highest BCUT2D eigenvalue weighted by molar-refractivity contribution is 7.15. The first kappa shape index (κ1) is 27.3. The molecule has 3 N–H and O–H groups in total. The van der Waals surface area contributed by atoms with Crippen molar-refractivity contribution in [3.05, 3.63) is 87.7 Å². The quantitative estimate of drug-likeness (QED) is 0.258. The number of alkyl halides is 3. The molecule has 12 heteroatoms. The third kappa shape index (κ3) is 5.39. The Balaban J connectivity index is 1.52. The molecule has 0 aliphatic heterocycles. The summed E-state index contributed by atoms with van der Waals surface area (Å²) in [5, 5.41) is 16.0. The van der Waals surface area contributed by atoms with Gasteiger partial charge in [0, 0.05) is 19.3 Å². The number of thiazole rings is 1. The van der Waals surface area contributed by atoms with Gasteiger partial charge < -0.3 is 15.7 Å². The van der Waals surface area contributed by atoms with E-state index in [4.69, 9.17) is 0 Å². The first-order chi connectivity index (χ1) is 18.9. The maximum atomic E-state index is 13.1. The van der Waals surface area contributed by atoms with E-state index >= 15 is 0 Å². The van der Waals surface area contributed by atoms with Gasteiger partial charge in [-0.15, -0.1) is 11.3 Å². The van der Waals surface area contributed by atoms with Gasteiger partial charge in [0.25, 0.3) is 0 Å². The van der Waals surface area contributed by atoms with Gasteiger partial charge in [-0.1, -0.05) is 6.07 Å². The maximum Gasteiger partial charge on any atom is 0.416 e. The highest BCUT2D eigenvalue weighted by atomic mass is 32.1. The van der Waals surface area contributed by atoms with E-state index in [0.29, 0.717) is 40.7 Å². The zero-order chi connectivity index (χ0) is 28.7. The number of amides is 1. The predicted molar refractivity (Wildman–Crippen MR) is 144 cm³/mol. The van der Waals surface area contributed by atoms with Crippen LogP contribution < -0.4 is 10.6 Å². The molecular formula is C28H24F3N5O3S. The standard InChI is InChI=1S/C28H24F3N5O3S/c1-15-10-21(34-24(11-15)35-23-13-19(7-9-32-23)28(29,30)31)22-14-33-26(40-22)27(36-16(2)37)8-3-4-17-12-18(25(38)39)5-6-20(17)27/h5-7,9-14H,3-4,8H2,1-2H3,(H,36,37)(H,38,39)(H,32,34,35)/t27-/m1/s1. The van der Waals surface area contributed by atoms with Crippen LogP contribution in [0.5, 0.6) is 0 Å². The summed E-state index contributed by atoms with van der Waals surface area (Å²) in [4.78, 5) is 37.9. The molecule has 0 radical (unpaired) electrons. The highest BCUT2D eigenvalue weighted by Gasteiger charge is 2.42. The van der Waals surface area contributed by atoms with Crippen molar-refractivity contribution < 1.29 is 27.9 Å². The van der Waals surface area contributed by atoms with Crippen molar-refractivity contribution in [2.75, 3.05) is 5.32 Å². The molecule has 0 spiro atoms. The van der Waals surface area contributed by atoms with Gasteiger partial charge in [-0.05, 0) is 79.3 Å². The van der Waals surface area contributed by atoms with Crippen molar-refractivity contribution in [1.82, 2.24) is 20.3 Å². The van der Waals surface area contributed by atoms with Crippen molar-refractivity contribution in [2.24, 2.45) is 0 Å². The number of aryl methyl sites for hydroxylation is 2. The number of nitrogens with zero attached hydrogens (tertiary/aromatic N) is 3. The largest absolute Gasteiger partial charge is 0.478 e. The van der Waals surface area contributed by atoms with E-state index in [1.54, 1.807) is 24.4 Å². The van der Waals surface area contributed by atoms with Gasteiger partial charge in [-0.2, -0.15) is 13.2 Å². The van der Waals surface area contributed by atoms with Crippen molar-refractivity contribution in [3.8, 4) is 10.6 Å². The number of rotatable bonds is 6. The van der Waals surface area contributed by atoms with Crippen LogP contribution in [-0.2, 0) is 22.9 Å². The number of anilines is 2. The summed E-state index contributed by atoms with van der Waals surface area (Å²) in [5.74, 6) is -0.948. The number of halogens is 3. The molecule has 4 aromatic rings. The lowest BCUT2D eigenvalue weighted by atomic mass is 9.76. The van der Waals surface area contributed by atoms with E-state index in [9.17, 15) is 27.9 Å². The number of carboxylic acid groups (broad SMARTS) is 1. The van der Waals surface area contributed by atoms with E-state index in [1.165, 1.54) is 24.3 Å². The molecule has 206 valence electrons. The normalized spacial score (nSPS) is 16.7. The van der Waals surface area contributed by atoms with Crippen LogP contribution in [0.2, 0.25) is 0 Å². The minimum Gasteiger partial charge on any atom is -0.478 e. The molecule has 3 heterocycles. The van der Waals surface area contributed by atoms with E-state index < -0.39 is 23.2 Å². The Hall–Kier alpha value is -4.32. The molecule has 1 aliphatic rings. The predicted octanol–water partition coefficient (Wildman–Crippen LogP) is 6.09. The summed E-state index contributed by atoms with van der Waals surface area (Å²) in [6, 6.07) is 10.3. The Morgan fingerprint density at radius 1 is 1.07 bits per heavy atom. The van der Waals surface area contributed by atoms with Crippen molar-refractivity contribution in [1.29, 1.82) is 0 Å². The van der Waals surface area contributed by atoms with Crippen LogP contribution in [0.3, 0.4) is 0 Å². The number of carbonyl (C=O) groups is 2. The lowest BCUT2D eigenvalue weighted by Crippen LogP contribution is -2.48. The van der Waals surface area contributed by atoms with Gasteiger partial charge in [-0.3, -0.25) is 4.79 Å². The number of fused-ring (bicyclic) bond motifs is 1. The van der Waals surface area contributed by atoms with Gasteiger partial charge in [0.05, 0.1) is 21.7 Å². The van der Waals surface area contributed by atoms with Gasteiger partial charge in [0.15, 0.2) is 0 Å². The first-order valence-electron chi connectivity index (χ1n) is 12.4. The Kier molecular flexibility index (Phi) is 7.05. The molecule has 5 rings (SSSR count). The van der Waals surface area contributed by atoms with Crippen LogP contribution in [0.1, 0.15) is 57.4 Å². The fraction of sp³-hybridized carbons (Fsp3) is 0.250. The van der Waals surface area contributed by atoms with Gasteiger partial charge in [0.2, 0.25) is 5.91 Å². The lowest BCUT2D eigenvalue weighted by Gasteiger charge is -2.38. The van der Waals surface area contributed by atoms with E-state index in [-0.39, 0.29) is 17.3 Å². The number of carboxylic acids is 1. The second-order valence-corrected chi connectivity index (χ2v) is 10.6.